The molecule has 0 heterocycles. The van der Waals surface area contributed by atoms with Crippen molar-refractivity contribution < 1.29 is 9.84 Å². The van der Waals surface area contributed by atoms with Crippen LogP contribution in [0, 0.1) is 0 Å². The Bertz CT molecular complexity index is 299. The molecule has 0 rings (SSSR count). The zero-order valence-corrected chi connectivity index (χ0v) is 20.9. The monoisotopic (exact) mass is 427 g/mol. The summed E-state index contributed by atoms with van der Waals surface area (Å²) in [4.78, 5) is 0. The highest BCUT2D eigenvalue weighted by molar-refractivity contribution is 4.59. The van der Waals surface area contributed by atoms with Crippen LogP contribution in [0.3, 0.4) is 0 Å². The molecule has 0 fully saturated rings. The van der Waals surface area contributed by atoms with Crippen LogP contribution in [0.2, 0.25) is 0 Å². The Balaban J connectivity index is 3.11. The van der Waals surface area contributed by atoms with Crippen molar-refractivity contribution >= 4 is 0 Å². The van der Waals surface area contributed by atoms with Gasteiger partial charge in [-0.3, -0.25) is 0 Å². The molecule has 3 nitrogen and oxygen atoms in total. The van der Waals surface area contributed by atoms with Gasteiger partial charge in [0.05, 0.1) is 12.7 Å². The molecule has 0 bridgehead atoms. The largest absolute Gasteiger partial charge is 0.389 e. The van der Waals surface area contributed by atoms with Crippen LogP contribution < -0.4 is 5.32 Å². The number of hydrogen-bond acceptors (Lipinski definition) is 3. The molecule has 0 saturated heterocycles. The fourth-order valence-corrected chi connectivity index (χ4v) is 3.98. The van der Waals surface area contributed by atoms with Crippen molar-refractivity contribution in [2.75, 3.05) is 26.3 Å². The fraction of sp³-hybridized carbons (Fsp3) is 1.00. The van der Waals surface area contributed by atoms with E-state index in [1.54, 1.807) is 0 Å². The molecule has 0 radical (unpaired) electrons. The predicted octanol–water partition coefficient (Wildman–Crippen LogP) is 7.80. The SMILES string of the molecule is CCCCCCCCCCCCCCCCNCC(O)COCCCCCCCC. The molecule has 0 amide bonds. The average Bonchev–Trinajstić information content (AvgIpc) is 2.75. The molecule has 0 aromatic rings. The highest BCUT2D eigenvalue weighted by Gasteiger charge is 2.03. The van der Waals surface area contributed by atoms with Crippen LogP contribution in [0.25, 0.3) is 0 Å². The number of aliphatic hydroxyl groups is 1. The van der Waals surface area contributed by atoms with Crippen LogP contribution in [0.4, 0.5) is 0 Å². The number of unbranched alkanes of at least 4 members (excludes halogenated alkanes) is 18. The van der Waals surface area contributed by atoms with Gasteiger partial charge in [0.15, 0.2) is 0 Å². The lowest BCUT2D eigenvalue weighted by molar-refractivity contribution is 0.0355. The van der Waals surface area contributed by atoms with Crippen LogP contribution >= 0.6 is 0 Å². The Hall–Kier alpha value is -0.120. The van der Waals surface area contributed by atoms with E-state index in [-0.39, 0.29) is 6.10 Å². The third-order valence-electron chi connectivity index (χ3n) is 6.04. The van der Waals surface area contributed by atoms with Gasteiger partial charge in [0, 0.05) is 13.2 Å². The van der Waals surface area contributed by atoms with Gasteiger partial charge in [-0.15, -0.1) is 0 Å². The number of rotatable bonds is 26. The van der Waals surface area contributed by atoms with E-state index in [0.29, 0.717) is 13.2 Å². The summed E-state index contributed by atoms with van der Waals surface area (Å²) in [6.45, 7) is 7.48. The number of aliphatic hydroxyl groups excluding tert-OH is 1. The molecular formula is C27H57NO2. The molecule has 0 aromatic heterocycles. The summed E-state index contributed by atoms with van der Waals surface area (Å²) < 4.78 is 5.59. The van der Waals surface area contributed by atoms with Gasteiger partial charge >= 0.3 is 0 Å². The van der Waals surface area contributed by atoms with E-state index in [2.05, 4.69) is 19.2 Å². The quantitative estimate of drug-likeness (QED) is 0.138. The molecule has 182 valence electrons. The highest BCUT2D eigenvalue weighted by Crippen LogP contribution is 2.12. The summed E-state index contributed by atoms with van der Waals surface area (Å²) in [6.07, 6.45) is 26.9. The van der Waals surface area contributed by atoms with E-state index in [9.17, 15) is 5.11 Å². The van der Waals surface area contributed by atoms with E-state index in [0.717, 1.165) is 19.6 Å². The summed E-state index contributed by atoms with van der Waals surface area (Å²) in [7, 11) is 0. The van der Waals surface area contributed by atoms with Gasteiger partial charge in [0.2, 0.25) is 0 Å². The zero-order valence-electron chi connectivity index (χ0n) is 20.9. The Labute approximate surface area is 190 Å². The number of nitrogens with one attached hydrogen (secondary N) is 1. The zero-order chi connectivity index (χ0) is 22.0. The van der Waals surface area contributed by atoms with Gasteiger partial charge in [0.1, 0.15) is 0 Å². The minimum absolute atomic E-state index is 0.364. The molecule has 3 heteroatoms. The summed E-state index contributed by atoms with van der Waals surface area (Å²) in [6, 6.07) is 0. The highest BCUT2D eigenvalue weighted by atomic mass is 16.5. The van der Waals surface area contributed by atoms with E-state index < -0.39 is 0 Å². The van der Waals surface area contributed by atoms with Gasteiger partial charge in [-0.05, 0) is 19.4 Å². The molecule has 0 aliphatic carbocycles. The molecule has 1 atom stereocenters. The molecule has 0 saturated carbocycles. The Kier molecular flexibility index (Phi) is 26.8. The van der Waals surface area contributed by atoms with Crippen LogP contribution in [-0.2, 0) is 4.74 Å². The standard InChI is InChI=1S/C27H57NO2/c1-3-5-7-9-11-12-13-14-15-16-17-18-19-21-23-28-25-27(29)26-30-24-22-20-10-8-6-4-2/h27-29H,3-26H2,1-2H3. The van der Waals surface area contributed by atoms with Crippen molar-refractivity contribution in [2.45, 2.75) is 148 Å². The van der Waals surface area contributed by atoms with E-state index in [1.165, 1.54) is 122 Å². The number of hydrogen-bond donors (Lipinski definition) is 2. The topological polar surface area (TPSA) is 41.5 Å². The second kappa shape index (κ2) is 26.9. The summed E-state index contributed by atoms with van der Waals surface area (Å²) in [5.74, 6) is 0. The molecule has 1 unspecified atom stereocenters. The lowest BCUT2D eigenvalue weighted by Gasteiger charge is -2.12. The first-order valence-corrected chi connectivity index (χ1v) is 13.8. The van der Waals surface area contributed by atoms with Gasteiger partial charge in [-0.1, -0.05) is 129 Å². The second-order valence-corrected chi connectivity index (χ2v) is 9.30. The summed E-state index contributed by atoms with van der Waals surface area (Å²) >= 11 is 0. The van der Waals surface area contributed by atoms with Crippen LogP contribution in [-0.4, -0.2) is 37.5 Å². The van der Waals surface area contributed by atoms with Crippen LogP contribution in [0.5, 0.6) is 0 Å². The first-order valence-electron chi connectivity index (χ1n) is 13.8. The molecule has 0 aromatic carbocycles. The van der Waals surface area contributed by atoms with Gasteiger partial charge in [-0.25, -0.2) is 0 Å². The maximum Gasteiger partial charge on any atom is 0.0897 e. The average molecular weight is 428 g/mol. The van der Waals surface area contributed by atoms with Crippen molar-refractivity contribution in [1.82, 2.24) is 5.32 Å². The molecule has 0 spiro atoms. The minimum atomic E-state index is -0.364. The third-order valence-corrected chi connectivity index (χ3v) is 6.04. The normalized spacial score (nSPS) is 12.5. The lowest BCUT2D eigenvalue weighted by Crippen LogP contribution is -2.31. The maximum absolute atomic E-state index is 9.95. The Morgan fingerprint density at radius 2 is 0.967 bits per heavy atom. The predicted molar refractivity (Wildman–Crippen MR) is 133 cm³/mol. The van der Waals surface area contributed by atoms with Crippen LogP contribution in [0.15, 0.2) is 0 Å². The Morgan fingerprint density at radius 3 is 1.43 bits per heavy atom. The first kappa shape index (κ1) is 29.9. The second-order valence-electron chi connectivity index (χ2n) is 9.30. The molecule has 0 aliphatic rings. The summed E-state index contributed by atoms with van der Waals surface area (Å²) in [5.41, 5.74) is 0. The first-order chi connectivity index (χ1) is 14.8. The summed E-state index contributed by atoms with van der Waals surface area (Å²) in [5, 5.41) is 13.3. The van der Waals surface area contributed by atoms with Gasteiger partial charge in [0.25, 0.3) is 0 Å². The van der Waals surface area contributed by atoms with Crippen molar-refractivity contribution in [3.8, 4) is 0 Å². The molecule has 30 heavy (non-hydrogen) atoms. The Morgan fingerprint density at radius 1 is 0.567 bits per heavy atom. The van der Waals surface area contributed by atoms with Crippen molar-refractivity contribution in [3.63, 3.8) is 0 Å². The molecule has 0 aliphatic heterocycles. The maximum atomic E-state index is 9.95. The minimum Gasteiger partial charge on any atom is -0.389 e. The van der Waals surface area contributed by atoms with Gasteiger partial charge in [-0.2, -0.15) is 0 Å². The van der Waals surface area contributed by atoms with Gasteiger partial charge < -0.3 is 15.2 Å². The number of ether oxygens (including phenoxy) is 1. The van der Waals surface area contributed by atoms with Crippen molar-refractivity contribution in [3.05, 3.63) is 0 Å². The van der Waals surface area contributed by atoms with E-state index in [1.807, 2.05) is 0 Å². The van der Waals surface area contributed by atoms with Crippen molar-refractivity contribution in [1.29, 1.82) is 0 Å². The molecule has 2 N–H and O–H groups in total. The fourth-order valence-electron chi connectivity index (χ4n) is 3.98. The molecular weight excluding hydrogens is 370 g/mol. The third kappa shape index (κ3) is 25.9. The van der Waals surface area contributed by atoms with Crippen LogP contribution in [0.1, 0.15) is 142 Å². The lowest BCUT2D eigenvalue weighted by atomic mass is 10.0. The van der Waals surface area contributed by atoms with Crippen molar-refractivity contribution in [2.24, 2.45) is 0 Å². The van der Waals surface area contributed by atoms with E-state index in [4.69, 9.17) is 4.74 Å². The smallest absolute Gasteiger partial charge is 0.0897 e. The van der Waals surface area contributed by atoms with E-state index >= 15 is 0 Å².